The molecule has 6 aromatic rings. The number of imidazole rings is 1. The van der Waals surface area contributed by atoms with Crippen molar-refractivity contribution in [1.82, 2.24) is 9.55 Å². The van der Waals surface area contributed by atoms with Crippen LogP contribution in [0.4, 0.5) is 0 Å². The van der Waals surface area contributed by atoms with Crippen molar-refractivity contribution in [3.63, 3.8) is 0 Å². The molecule has 1 aromatic heterocycles. The van der Waals surface area contributed by atoms with E-state index in [9.17, 15) is 0 Å². The van der Waals surface area contributed by atoms with Crippen LogP contribution in [-0.2, 0) is 6.17 Å². The van der Waals surface area contributed by atoms with Crippen LogP contribution in [0.2, 0.25) is 0 Å². The Morgan fingerprint density at radius 2 is 1.21 bits per heavy atom. The molecule has 203 valence electrons. The van der Waals surface area contributed by atoms with Gasteiger partial charge in [0.1, 0.15) is 5.75 Å². The Bertz CT molecular complexity index is 1700. The maximum atomic E-state index is 5.54. The highest BCUT2D eigenvalue weighted by molar-refractivity contribution is 7.10. The molecule has 6 rings (SSSR count). The lowest BCUT2D eigenvalue weighted by Crippen LogP contribution is -2.70. The summed E-state index contributed by atoms with van der Waals surface area (Å²) in [5.74, 6) is 0.859. The van der Waals surface area contributed by atoms with Crippen LogP contribution in [0, 0.1) is 0 Å². The normalized spacial score (nSPS) is 11.7. The predicted molar refractivity (Wildman–Crippen MR) is 179 cm³/mol. The number of hydrogen-bond donors (Lipinski definition) is 0. The number of aromatic nitrogens is 2. The number of benzene rings is 5. The van der Waals surface area contributed by atoms with Crippen molar-refractivity contribution in [2.24, 2.45) is 0 Å². The molecule has 0 aliphatic heterocycles. The Morgan fingerprint density at radius 3 is 1.79 bits per heavy atom. The van der Waals surface area contributed by atoms with Crippen LogP contribution >= 0.6 is 0 Å². The van der Waals surface area contributed by atoms with E-state index in [1.807, 2.05) is 12.3 Å². The fourth-order valence-electron chi connectivity index (χ4n) is 5.65. The van der Waals surface area contributed by atoms with Crippen LogP contribution in [-0.4, -0.2) is 32.0 Å². The van der Waals surface area contributed by atoms with Gasteiger partial charge >= 0.3 is 0 Å². The first kappa shape index (κ1) is 27.3. The van der Waals surface area contributed by atoms with Gasteiger partial charge in [0.05, 0.1) is 12.8 Å². The van der Waals surface area contributed by atoms with E-state index >= 15 is 0 Å². The quantitative estimate of drug-likeness (QED) is 0.132. The Hall–Kier alpha value is -4.87. The van der Waals surface area contributed by atoms with Gasteiger partial charge < -0.3 is 9.30 Å². The minimum absolute atomic E-state index is 0.798. The molecule has 0 aliphatic rings. The zero-order valence-electron chi connectivity index (χ0n) is 23.7. The molecule has 3 nitrogen and oxygen atoms in total. The highest BCUT2D eigenvalue weighted by Crippen LogP contribution is 2.18. The van der Waals surface area contributed by atoms with Crippen LogP contribution in [0.15, 0.2) is 158 Å². The molecule has 0 spiro atoms. The summed E-state index contributed by atoms with van der Waals surface area (Å²) in [4.78, 5) is 4.88. The Balaban J connectivity index is 1.48. The van der Waals surface area contributed by atoms with Crippen LogP contribution in [0.25, 0.3) is 11.5 Å². The SMILES string of the molecule is COc1ccc([Si](Cn2ccnc2[B]C(=Cc2ccccc2)c2ccccc2)(c2ccccc2)c2ccccc2)cc1. The van der Waals surface area contributed by atoms with Crippen LogP contribution in [0.1, 0.15) is 11.1 Å². The third-order valence-electron chi connectivity index (χ3n) is 7.78. The fraction of sp³-hybridized carbons (Fsp3) is 0.0541. The van der Waals surface area contributed by atoms with Crippen LogP contribution < -0.4 is 26.0 Å². The zero-order valence-corrected chi connectivity index (χ0v) is 24.7. The molecule has 0 atom stereocenters. The van der Waals surface area contributed by atoms with Gasteiger partial charge in [-0.05, 0) is 38.8 Å². The first-order valence-electron chi connectivity index (χ1n) is 14.2. The topological polar surface area (TPSA) is 27.1 Å². The van der Waals surface area contributed by atoms with Crippen molar-refractivity contribution in [1.29, 1.82) is 0 Å². The van der Waals surface area contributed by atoms with E-state index in [1.54, 1.807) is 7.11 Å². The molecule has 0 saturated heterocycles. The summed E-state index contributed by atoms with van der Waals surface area (Å²) >= 11 is 0. The summed E-state index contributed by atoms with van der Waals surface area (Å²) in [5, 5.41) is 4.02. The summed E-state index contributed by atoms with van der Waals surface area (Å²) < 4.78 is 7.87. The van der Waals surface area contributed by atoms with E-state index < -0.39 is 8.07 Å². The summed E-state index contributed by atoms with van der Waals surface area (Å²) in [6.07, 6.45) is 7.07. The van der Waals surface area contributed by atoms with Crippen LogP contribution in [0.3, 0.4) is 0 Å². The molecule has 1 heterocycles. The molecule has 0 fully saturated rings. The van der Waals surface area contributed by atoms with Crippen molar-refractivity contribution >= 4 is 48.2 Å². The van der Waals surface area contributed by atoms with Crippen molar-refractivity contribution in [3.8, 4) is 5.75 Å². The molecule has 0 unspecified atom stereocenters. The maximum Gasteiger partial charge on any atom is 0.241 e. The number of rotatable bonds is 10. The van der Waals surface area contributed by atoms with Gasteiger partial charge in [0.15, 0.2) is 8.07 Å². The van der Waals surface area contributed by atoms with Crippen molar-refractivity contribution in [2.75, 3.05) is 7.11 Å². The average Bonchev–Trinajstić information content (AvgIpc) is 3.51. The molecular weight excluding hydrogens is 527 g/mol. The molecule has 0 saturated carbocycles. The number of ether oxygens (including phenoxy) is 1. The molecule has 0 bridgehead atoms. The van der Waals surface area contributed by atoms with Gasteiger partial charge in [-0.1, -0.05) is 145 Å². The number of nitrogens with zero attached hydrogens (tertiary/aromatic N) is 2. The van der Waals surface area contributed by atoms with E-state index in [2.05, 4.69) is 164 Å². The molecule has 1 radical (unpaired) electrons. The summed E-state index contributed by atoms with van der Waals surface area (Å²) in [7, 11) is 1.36. The van der Waals surface area contributed by atoms with Gasteiger partial charge in [-0.15, -0.1) is 0 Å². The third kappa shape index (κ3) is 5.78. The summed E-state index contributed by atoms with van der Waals surface area (Å²) in [6, 6.07) is 51.6. The Morgan fingerprint density at radius 1 is 0.690 bits per heavy atom. The molecule has 0 N–H and O–H groups in total. The van der Waals surface area contributed by atoms with Crippen molar-refractivity contribution < 1.29 is 4.74 Å². The minimum Gasteiger partial charge on any atom is -0.497 e. The van der Waals surface area contributed by atoms with Gasteiger partial charge in [0.2, 0.25) is 7.28 Å². The van der Waals surface area contributed by atoms with Gasteiger partial charge in [-0.25, -0.2) is 0 Å². The number of methoxy groups -OCH3 is 1. The van der Waals surface area contributed by atoms with E-state index in [0.717, 1.165) is 34.2 Å². The van der Waals surface area contributed by atoms with Gasteiger partial charge in [-0.2, -0.15) is 0 Å². The second-order valence-electron chi connectivity index (χ2n) is 10.3. The highest BCUT2D eigenvalue weighted by atomic mass is 28.3. The van der Waals surface area contributed by atoms with E-state index in [0.29, 0.717) is 0 Å². The van der Waals surface area contributed by atoms with Gasteiger partial charge in [0.25, 0.3) is 0 Å². The molecule has 42 heavy (non-hydrogen) atoms. The molecule has 5 aromatic carbocycles. The van der Waals surface area contributed by atoms with Gasteiger partial charge in [0, 0.05) is 18.6 Å². The molecule has 0 aliphatic carbocycles. The van der Waals surface area contributed by atoms with E-state index in [-0.39, 0.29) is 0 Å². The lowest BCUT2D eigenvalue weighted by atomic mass is 9.65. The van der Waals surface area contributed by atoms with Crippen molar-refractivity contribution in [3.05, 3.63) is 169 Å². The van der Waals surface area contributed by atoms with Crippen molar-refractivity contribution in [2.45, 2.75) is 6.17 Å². The summed E-state index contributed by atoms with van der Waals surface area (Å²) in [6.45, 7) is 0. The predicted octanol–water partition coefficient (Wildman–Crippen LogP) is 5.13. The number of hydrogen-bond acceptors (Lipinski definition) is 2. The first-order valence-corrected chi connectivity index (χ1v) is 16.4. The largest absolute Gasteiger partial charge is 0.497 e. The van der Waals surface area contributed by atoms with E-state index in [1.165, 1.54) is 15.6 Å². The lowest BCUT2D eigenvalue weighted by Gasteiger charge is -2.34. The average molecular weight is 560 g/mol. The minimum atomic E-state index is -2.57. The first-order chi connectivity index (χ1) is 20.8. The second-order valence-corrected chi connectivity index (χ2v) is 14.2. The monoisotopic (exact) mass is 559 g/mol. The third-order valence-corrected chi connectivity index (χ3v) is 12.6. The molecular formula is C37H32BN2OSi. The Labute approximate surface area is 250 Å². The summed E-state index contributed by atoms with van der Waals surface area (Å²) in [5.41, 5.74) is 4.35. The van der Waals surface area contributed by atoms with E-state index in [4.69, 9.17) is 9.72 Å². The second kappa shape index (κ2) is 12.8. The van der Waals surface area contributed by atoms with Crippen LogP contribution in [0.5, 0.6) is 5.75 Å². The lowest BCUT2D eigenvalue weighted by molar-refractivity contribution is 0.415. The maximum absolute atomic E-state index is 5.54. The standard InChI is InChI=1S/C37H32BN2OSi/c1-41-32-22-24-35(25-23-32)42(33-18-10-4-11-19-33,34-20-12-5-13-21-34)29-40-27-26-39-37(40)38-36(31-16-8-3-9-17-31)28-30-14-6-2-7-15-30/h2-28H,29H2,1H3. The Kier molecular flexibility index (Phi) is 8.29. The molecule has 0 amide bonds. The van der Waals surface area contributed by atoms with Gasteiger partial charge in [-0.3, -0.25) is 4.98 Å². The zero-order chi connectivity index (χ0) is 28.6. The molecule has 5 heteroatoms. The fourth-order valence-corrected chi connectivity index (χ4v) is 10.2. The smallest absolute Gasteiger partial charge is 0.241 e. The highest BCUT2D eigenvalue weighted by Gasteiger charge is 2.40.